The van der Waals surface area contributed by atoms with Gasteiger partial charge in [-0.25, -0.2) is 13.2 Å². The molecule has 204 valence electrons. The number of nitrogens with one attached hydrogen (secondary N) is 2. The Morgan fingerprint density at radius 3 is 2.30 bits per heavy atom. The fourth-order valence-electron chi connectivity index (χ4n) is 4.66. The van der Waals surface area contributed by atoms with E-state index in [9.17, 15) is 13.2 Å². The fourth-order valence-corrected chi connectivity index (χ4v) is 6.02. The van der Waals surface area contributed by atoms with Gasteiger partial charge >= 0.3 is 6.09 Å². The van der Waals surface area contributed by atoms with Crippen molar-refractivity contribution in [3.8, 4) is 0 Å². The third-order valence-corrected chi connectivity index (χ3v) is 8.21. The van der Waals surface area contributed by atoms with Gasteiger partial charge in [-0.05, 0) is 73.5 Å². The maximum absolute atomic E-state index is 13.6. The lowest BCUT2D eigenvalue weighted by Gasteiger charge is -2.20. The van der Waals surface area contributed by atoms with E-state index in [4.69, 9.17) is 15.9 Å². The van der Waals surface area contributed by atoms with Crippen molar-refractivity contribution in [2.45, 2.75) is 42.7 Å². The Morgan fingerprint density at radius 1 is 0.900 bits per heavy atom. The van der Waals surface area contributed by atoms with E-state index >= 15 is 0 Å². The molecule has 4 N–H and O–H groups in total. The molecule has 9 heteroatoms. The molecule has 1 heterocycles. The molecule has 0 saturated heterocycles. The van der Waals surface area contributed by atoms with Gasteiger partial charge in [0.25, 0.3) is 0 Å². The van der Waals surface area contributed by atoms with E-state index < -0.39 is 21.5 Å². The summed E-state index contributed by atoms with van der Waals surface area (Å²) in [5.74, 6) is 0.378. The molecule has 1 aromatic heterocycles. The predicted octanol–water partition coefficient (Wildman–Crippen LogP) is 6.31. The number of nitrogen functional groups attached to an aromatic ring is 1. The van der Waals surface area contributed by atoms with Crippen molar-refractivity contribution in [1.29, 1.82) is 5.41 Å². The lowest BCUT2D eigenvalue weighted by Crippen LogP contribution is -2.28. The number of rotatable bonds is 6. The van der Waals surface area contributed by atoms with Crippen LogP contribution in [0.5, 0.6) is 0 Å². The van der Waals surface area contributed by atoms with E-state index in [1.54, 1.807) is 75.4 Å². The minimum Gasteiger partial charge on any atom is -0.444 e. The zero-order valence-corrected chi connectivity index (χ0v) is 23.2. The molecule has 0 saturated carbocycles. The van der Waals surface area contributed by atoms with Gasteiger partial charge in [0, 0.05) is 10.9 Å². The molecule has 8 nitrogen and oxygen atoms in total. The second kappa shape index (κ2) is 10.2. The summed E-state index contributed by atoms with van der Waals surface area (Å²) < 4.78 is 34.5. The number of nitrogens with zero attached hydrogens (tertiary/aromatic N) is 1. The number of anilines is 1. The molecule has 0 aliphatic heterocycles. The normalized spacial score (nSPS) is 12.0. The molecule has 40 heavy (non-hydrogen) atoms. The minimum absolute atomic E-state index is 0.0855. The Labute approximate surface area is 232 Å². The molecule has 0 radical (unpaired) electrons. The Hall–Kier alpha value is -4.63. The zero-order valence-electron chi connectivity index (χ0n) is 22.4. The lowest BCUT2D eigenvalue weighted by molar-refractivity contribution is 0.0634. The minimum atomic E-state index is -3.79. The quantitative estimate of drug-likeness (QED) is 0.167. The number of sulfone groups is 1. The van der Waals surface area contributed by atoms with Crippen LogP contribution in [0, 0.1) is 5.41 Å². The smallest absolute Gasteiger partial charge is 0.413 e. The van der Waals surface area contributed by atoms with Crippen LogP contribution in [0.15, 0.2) is 101 Å². The number of aromatic nitrogens is 1. The van der Waals surface area contributed by atoms with Gasteiger partial charge in [-0.3, -0.25) is 10.7 Å². The van der Waals surface area contributed by atoms with E-state index in [2.05, 4.69) is 5.32 Å². The lowest BCUT2D eigenvalue weighted by atomic mass is 10.0. The first-order valence-corrected chi connectivity index (χ1v) is 14.2. The molecule has 1 amide bonds. The number of fused-ring (bicyclic) bond motifs is 2. The summed E-state index contributed by atoms with van der Waals surface area (Å²) in [6.07, 6.45) is -0.617. The van der Waals surface area contributed by atoms with Crippen LogP contribution < -0.4 is 11.1 Å². The van der Waals surface area contributed by atoms with Crippen molar-refractivity contribution in [3.05, 3.63) is 102 Å². The third-order valence-electron chi connectivity index (χ3n) is 6.46. The van der Waals surface area contributed by atoms with Crippen molar-refractivity contribution in [2.75, 3.05) is 5.32 Å². The fraction of sp³-hybridized carbons (Fsp3) is 0.161. The summed E-state index contributed by atoms with van der Waals surface area (Å²) in [4.78, 5) is 13.1. The van der Waals surface area contributed by atoms with Crippen molar-refractivity contribution in [2.24, 2.45) is 5.73 Å². The molecule has 5 rings (SSSR count). The van der Waals surface area contributed by atoms with Crippen LogP contribution in [-0.4, -0.2) is 30.5 Å². The molecule has 0 aliphatic carbocycles. The summed E-state index contributed by atoms with van der Waals surface area (Å²) in [7, 11) is -3.79. The van der Waals surface area contributed by atoms with Crippen LogP contribution in [0.3, 0.4) is 0 Å². The second-order valence-corrected chi connectivity index (χ2v) is 12.5. The summed E-state index contributed by atoms with van der Waals surface area (Å²) in [5.41, 5.74) is 7.08. The van der Waals surface area contributed by atoms with E-state index in [0.29, 0.717) is 11.4 Å². The monoisotopic (exact) mass is 554 g/mol. The predicted molar refractivity (Wildman–Crippen MR) is 158 cm³/mol. The molecule has 0 aliphatic rings. The maximum Gasteiger partial charge on any atom is 0.413 e. The van der Waals surface area contributed by atoms with Gasteiger partial charge in [-0.1, -0.05) is 54.6 Å². The highest BCUT2D eigenvalue weighted by Crippen LogP contribution is 2.32. The number of hydrogen-bond donors (Lipinski definition) is 3. The molecule has 0 atom stereocenters. The summed E-state index contributed by atoms with van der Waals surface area (Å²) in [6.45, 7) is 5.58. The van der Waals surface area contributed by atoms with Crippen LogP contribution in [0.1, 0.15) is 31.9 Å². The number of benzene rings is 4. The summed E-state index contributed by atoms with van der Waals surface area (Å²) in [6, 6.07) is 26.5. The first-order chi connectivity index (χ1) is 18.9. The zero-order chi connectivity index (χ0) is 28.7. The van der Waals surface area contributed by atoms with E-state index in [0.717, 1.165) is 27.2 Å². The summed E-state index contributed by atoms with van der Waals surface area (Å²) >= 11 is 0. The largest absolute Gasteiger partial charge is 0.444 e. The van der Waals surface area contributed by atoms with Crippen molar-refractivity contribution >= 4 is 49.3 Å². The van der Waals surface area contributed by atoms with Crippen molar-refractivity contribution in [1.82, 2.24) is 4.57 Å². The number of carbonyl (C=O) groups is 1. The first kappa shape index (κ1) is 27.0. The molecule has 4 aromatic carbocycles. The summed E-state index contributed by atoms with van der Waals surface area (Å²) in [5, 5.41) is 13.2. The number of hydrogen-bond acceptors (Lipinski definition) is 5. The maximum atomic E-state index is 13.6. The van der Waals surface area contributed by atoms with E-state index in [-0.39, 0.29) is 22.2 Å². The molecule has 0 unspecified atom stereocenters. The molecule has 0 spiro atoms. The Balaban J connectivity index is 1.68. The van der Waals surface area contributed by atoms with Gasteiger partial charge in [0.05, 0.1) is 21.9 Å². The van der Waals surface area contributed by atoms with Crippen LogP contribution in [0.2, 0.25) is 0 Å². The number of amidine groups is 1. The number of ether oxygens (including phenoxy) is 1. The van der Waals surface area contributed by atoms with Gasteiger partial charge < -0.3 is 15.0 Å². The molecule has 5 aromatic rings. The van der Waals surface area contributed by atoms with Gasteiger partial charge in [0.2, 0.25) is 9.84 Å². The van der Waals surface area contributed by atoms with Crippen molar-refractivity contribution in [3.63, 3.8) is 0 Å². The number of nitrogens with two attached hydrogens (primary N) is 1. The highest BCUT2D eigenvalue weighted by Gasteiger charge is 2.22. The Kier molecular flexibility index (Phi) is 6.85. The topological polar surface area (TPSA) is 127 Å². The van der Waals surface area contributed by atoms with Gasteiger partial charge in [0.1, 0.15) is 17.3 Å². The average Bonchev–Trinajstić information content (AvgIpc) is 3.23. The molecule has 0 fully saturated rings. The standard InChI is InChI=1S/C31H30N4O4S/c1-31(2,3)39-30(36)34-28-18-21-13-14-22(29(32)33)17-27(21)35(28)19-23-16-25(15-20-9-7-8-12-26(20)23)40(37,38)24-10-5-4-6-11-24/h4-18H,19H2,1-3H3,(H3,32,33)(H,34,36). The van der Waals surface area contributed by atoms with Gasteiger partial charge in [-0.2, -0.15) is 0 Å². The second-order valence-electron chi connectivity index (χ2n) is 10.5. The van der Waals surface area contributed by atoms with Crippen LogP contribution >= 0.6 is 0 Å². The first-order valence-electron chi connectivity index (χ1n) is 12.7. The highest BCUT2D eigenvalue weighted by molar-refractivity contribution is 7.91. The van der Waals surface area contributed by atoms with Gasteiger partial charge in [-0.15, -0.1) is 0 Å². The van der Waals surface area contributed by atoms with E-state index in [1.165, 1.54) is 0 Å². The molecular weight excluding hydrogens is 524 g/mol. The van der Waals surface area contributed by atoms with Crippen molar-refractivity contribution < 1.29 is 17.9 Å². The van der Waals surface area contributed by atoms with Crippen LogP contribution in [-0.2, 0) is 21.1 Å². The third kappa shape index (κ3) is 5.41. The number of carbonyl (C=O) groups excluding carboxylic acids is 1. The van der Waals surface area contributed by atoms with Crippen LogP contribution in [0.25, 0.3) is 21.7 Å². The van der Waals surface area contributed by atoms with Crippen LogP contribution in [0.4, 0.5) is 10.6 Å². The Morgan fingerprint density at radius 2 is 1.60 bits per heavy atom. The van der Waals surface area contributed by atoms with E-state index in [1.807, 2.05) is 41.0 Å². The SMILES string of the molecule is CC(C)(C)OC(=O)Nc1cc2ccc(C(=N)N)cc2n1Cc1cc(S(=O)(=O)c2ccccc2)cc2ccccc12. The highest BCUT2D eigenvalue weighted by atomic mass is 32.2. The molecular formula is C31H30N4O4S. The Bertz CT molecular complexity index is 1870. The van der Waals surface area contributed by atoms with Gasteiger partial charge in [0.15, 0.2) is 0 Å². The molecule has 0 bridgehead atoms. The average molecular weight is 555 g/mol. The number of amides is 1.